The molecule has 3 aromatic carbocycles. The van der Waals surface area contributed by atoms with Crippen LogP contribution >= 0.6 is 0 Å². The Hall–Kier alpha value is -4.29. The maximum absolute atomic E-state index is 12.8. The topological polar surface area (TPSA) is 129 Å². The summed E-state index contributed by atoms with van der Waals surface area (Å²) in [5.74, 6) is -0.0985. The average Bonchev–Trinajstić information content (AvgIpc) is 3.07. The number of rotatable bonds is 11. The number of hydrogen-bond donors (Lipinski definition) is 5. The van der Waals surface area contributed by atoms with Crippen LogP contribution in [0.1, 0.15) is 25.7 Å². The van der Waals surface area contributed by atoms with Crippen molar-refractivity contribution in [2.45, 2.75) is 37.8 Å². The summed E-state index contributed by atoms with van der Waals surface area (Å²) in [7, 11) is 4.03. The molecule has 3 heterocycles. The Bertz CT molecular complexity index is 1570. The van der Waals surface area contributed by atoms with Gasteiger partial charge in [-0.2, -0.15) is 0 Å². The number of nitrogens with one attached hydrogen (secondary N) is 5. The molecule has 0 aliphatic carbocycles. The Balaban J connectivity index is 1.25. The smallest absolute Gasteiger partial charge is 0.224 e. The van der Waals surface area contributed by atoms with E-state index in [1.54, 1.807) is 0 Å². The number of hydrogen-bond acceptors (Lipinski definition) is 9. The number of amides is 2. The zero-order valence-corrected chi connectivity index (χ0v) is 26.5. The number of pyridine rings is 1. The quantitative estimate of drug-likeness (QED) is 0.152. The number of ether oxygens (including phenoxy) is 2. The van der Waals surface area contributed by atoms with E-state index in [1.807, 2.05) is 50.5 Å². The van der Waals surface area contributed by atoms with Gasteiger partial charge in [0.2, 0.25) is 11.8 Å². The molecule has 1 aromatic heterocycles. The van der Waals surface area contributed by atoms with Gasteiger partial charge in [0, 0.05) is 85.6 Å². The van der Waals surface area contributed by atoms with E-state index in [4.69, 9.17) is 14.5 Å². The number of morpholine rings is 2. The third kappa shape index (κ3) is 8.10. The summed E-state index contributed by atoms with van der Waals surface area (Å²) in [4.78, 5) is 32.7. The van der Waals surface area contributed by atoms with Crippen LogP contribution in [0.25, 0.3) is 21.8 Å². The highest BCUT2D eigenvalue weighted by atomic mass is 16.5. The van der Waals surface area contributed by atoms with Gasteiger partial charge in [0.25, 0.3) is 0 Å². The monoisotopic (exact) mass is 625 g/mol. The lowest BCUT2D eigenvalue weighted by molar-refractivity contribution is -0.117. The van der Waals surface area contributed by atoms with Crippen LogP contribution in [-0.2, 0) is 19.1 Å². The highest BCUT2D eigenvalue weighted by molar-refractivity contribution is 6.10. The van der Waals surface area contributed by atoms with Crippen molar-refractivity contribution in [3.8, 4) is 0 Å². The normalized spacial score (nSPS) is 18.3. The molecule has 0 spiro atoms. The second kappa shape index (κ2) is 14.9. The lowest BCUT2D eigenvalue weighted by Crippen LogP contribution is -2.41. The van der Waals surface area contributed by atoms with Crippen LogP contribution < -0.4 is 31.5 Å². The molecule has 2 fully saturated rings. The van der Waals surface area contributed by atoms with Crippen molar-refractivity contribution in [2.75, 3.05) is 74.5 Å². The molecule has 0 saturated carbocycles. The fourth-order valence-electron chi connectivity index (χ4n) is 5.89. The summed E-state index contributed by atoms with van der Waals surface area (Å²) in [5, 5.41) is 18.3. The van der Waals surface area contributed by atoms with Crippen molar-refractivity contribution < 1.29 is 19.1 Å². The van der Waals surface area contributed by atoms with E-state index < -0.39 is 0 Å². The van der Waals surface area contributed by atoms with Gasteiger partial charge >= 0.3 is 0 Å². The summed E-state index contributed by atoms with van der Waals surface area (Å²) >= 11 is 0. The summed E-state index contributed by atoms with van der Waals surface area (Å²) < 4.78 is 11.0. The SMILES string of the molecule is CN(C)c1ccc(Nc2c3ccc(NC(=O)CCC4COCCN4)cc3nc3cc(NC(=O)CCC4COCCN4)ccc23)cc1. The van der Waals surface area contributed by atoms with Crippen LogP contribution in [0.15, 0.2) is 60.7 Å². The number of aromatic nitrogens is 1. The van der Waals surface area contributed by atoms with Crippen LogP contribution in [0.3, 0.4) is 0 Å². The molecule has 2 atom stereocenters. The molecule has 11 heteroatoms. The Morgan fingerprint density at radius 2 is 1.26 bits per heavy atom. The van der Waals surface area contributed by atoms with Gasteiger partial charge in [-0.05, 0) is 73.5 Å². The highest BCUT2D eigenvalue weighted by Crippen LogP contribution is 2.36. The molecule has 11 nitrogen and oxygen atoms in total. The summed E-state index contributed by atoms with van der Waals surface area (Å²) in [6, 6.07) is 20.2. The van der Waals surface area contributed by atoms with E-state index in [2.05, 4.69) is 55.7 Å². The molecule has 6 rings (SSSR count). The van der Waals surface area contributed by atoms with Gasteiger partial charge in [-0.3, -0.25) is 9.59 Å². The van der Waals surface area contributed by atoms with E-state index in [0.29, 0.717) is 63.5 Å². The molecule has 2 aliphatic rings. The molecule has 46 heavy (non-hydrogen) atoms. The molecule has 4 aromatic rings. The number of carbonyl (C=O) groups is 2. The van der Waals surface area contributed by atoms with Crippen LogP contribution in [0.5, 0.6) is 0 Å². The molecular formula is C35H43N7O4. The van der Waals surface area contributed by atoms with Gasteiger partial charge in [-0.15, -0.1) is 0 Å². The third-order valence-electron chi connectivity index (χ3n) is 8.43. The summed E-state index contributed by atoms with van der Waals surface area (Å²) in [5.41, 5.74) is 5.77. The predicted molar refractivity (Wildman–Crippen MR) is 184 cm³/mol. The van der Waals surface area contributed by atoms with E-state index >= 15 is 0 Å². The first-order valence-corrected chi connectivity index (χ1v) is 16.1. The van der Waals surface area contributed by atoms with Crippen molar-refractivity contribution in [1.82, 2.24) is 15.6 Å². The van der Waals surface area contributed by atoms with Crippen molar-refractivity contribution >= 4 is 62.1 Å². The number of nitrogens with zero attached hydrogens (tertiary/aromatic N) is 2. The Morgan fingerprint density at radius 3 is 1.72 bits per heavy atom. The van der Waals surface area contributed by atoms with Crippen LogP contribution in [0.2, 0.25) is 0 Å². The van der Waals surface area contributed by atoms with Crippen molar-refractivity contribution in [1.29, 1.82) is 0 Å². The predicted octanol–water partition coefficient (Wildman–Crippen LogP) is 4.61. The van der Waals surface area contributed by atoms with Gasteiger partial charge in [0.05, 0.1) is 43.1 Å². The number of fused-ring (bicyclic) bond motifs is 2. The first-order valence-electron chi connectivity index (χ1n) is 16.1. The second-order valence-electron chi connectivity index (χ2n) is 12.1. The number of carbonyl (C=O) groups excluding carboxylic acids is 2. The highest BCUT2D eigenvalue weighted by Gasteiger charge is 2.17. The van der Waals surface area contributed by atoms with E-state index in [-0.39, 0.29) is 23.9 Å². The standard InChI is InChI=1S/C35H43N7O4/c1-42(2)28-9-3-23(4-10-28)40-35-29-11-5-24(38-33(43)13-7-26-21-45-17-15-36-26)19-31(29)41-32-20-25(6-12-30(32)35)39-34(44)14-8-27-22-46-18-16-37-27/h3-6,9-12,19-20,26-27,36-37H,7-8,13-18,21-22H2,1-2H3,(H,38,43)(H,39,44)(H,40,41). The first kappa shape index (κ1) is 31.7. The maximum Gasteiger partial charge on any atom is 0.224 e. The molecule has 2 amide bonds. The first-order chi connectivity index (χ1) is 22.4. The van der Waals surface area contributed by atoms with Crippen molar-refractivity contribution in [3.05, 3.63) is 60.7 Å². The van der Waals surface area contributed by atoms with Crippen LogP contribution in [-0.4, -0.2) is 82.5 Å². The largest absolute Gasteiger partial charge is 0.379 e. The molecule has 0 bridgehead atoms. The molecular weight excluding hydrogens is 582 g/mol. The minimum atomic E-state index is -0.0492. The lowest BCUT2D eigenvalue weighted by Gasteiger charge is -2.23. The van der Waals surface area contributed by atoms with E-state index in [0.717, 1.165) is 52.0 Å². The molecule has 5 N–H and O–H groups in total. The zero-order valence-electron chi connectivity index (χ0n) is 26.5. The average molecular weight is 626 g/mol. The van der Waals surface area contributed by atoms with Crippen molar-refractivity contribution in [3.63, 3.8) is 0 Å². The minimum absolute atomic E-state index is 0.0492. The molecule has 2 aliphatic heterocycles. The van der Waals surface area contributed by atoms with Crippen LogP contribution in [0, 0.1) is 0 Å². The molecule has 2 unspecified atom stereocenters. The van der Waals surface area contributed by atoms with Gasteiger partial charge in [-0.1, -0.05) is 0 Å². The van der Waals surface area contributed by atoms with Gasteiger partial charge in [0.15, 0.2) is 0 Å². The minimum Gasteiger partial charge on any atom is -0.379 e. The molecule has 242 valence electrons. The third-order valence-corrected chi connectivity index (χ3v) is 8.43. The number of benzene rings is 3. The maximum atomic E-state index is 12.8. The second-order valence-corrected chi connectivity index (χ2v) is 12.1. The van der Waals surface area contributed by atoms with E-state index in [9.17, 15) is 9.59 Å². The zero-order chi connectivity index (χ0) is 31.9. The van der Waals surface area contributed by atoms with Gasteiger partial charge in [0.1, 0.15) is 0 Å². The summed E-state index contributed by atoms with van der Waals surface area (Å²) in [6.07, 6.45) is 2.21. The fraction of sp³-hybridized carbons (Fsp3) is 0.400. The lowest BCUT2D eigenvalue weighted by atomic mass is 10.1. The molecule has 2 saturated heterocycles. The summed E-state index contributed by atoms with van der Waals surface area (Å²) in [6.45, 7) is 4.30. The fourth-order valence-corrected chi connectivity index (χ4v) is 5.89. The Morgan fingerprint density at radius 1 is 0.761 bits per heavy atom. The molecule has 0 radical (unpaired) electrons. The van der Waals surface area contributed by atoms with Crippen molar-refractivity contribution in [2.24, 2.45) is 0 Å². The van der Waals surface area contributed by atoms with Gasteiger partial charge in [-0.25, -0.2) is 4.98 Å². The van der Waals surface area contributed by atoms with Crippen LogP contribution in [0.4, 0.5) is 28.4 Å². The number of anilines is 5. The van der Waals surface area contributed by atoms with E-state index in [1.165, 1.54) is 0 Å². The Labute approximate surface area is 269 Å². The Kier molecular flexibility index (Phi) is 10.2. The van der Waals surface area contributed by atoms with Gasteiger partial charge < -0.3 is 41.0 Å².